The van der Waals surface area contributed by atoms with E-state index in [9.17, 15) is 14.4 Å². The lowest BCUT2D eigenvalue weighted by Gasteiger charge is -2.36. The number of carbonyl (C=O) groups is 3. The molecule has 0 saturated carbocycles. The average Bonchev–Trinajstić information content (AvgIpc) is 2.75. The van der Waals surface area contributed by atoms with E-state index in [1.807, 2.05) is 43.9 Å². The molecule has 0 spiro atoms. The predicted octanol–water partition coefficient (Wildman–Crippen LogP) is 2.41. The van der Waals surface area contributed by atoms with Gasteiger partial charge in [-0.15, -0.1) is 0 Å². The Morgan fingerprint density at radius 2 is 1.77 bits per heavy atom. The quantitative estimate of drug-likeness (QED) is 0.700. The summed E-state index contributed by atoms with van der Waals surface area (Å²) in [5.74, 6) is -1.21. The minimum atomic E-state index is -0.639. The van der Waals surface area contributed by atoms with E-state index in [1.165, 1.54) is 14.2 Å². The third-order valence-electron chi connectivity index (χ3n) is 5.21. The molecule has 8 heteroatoms. The summed E-state index contributed by atoms with van der Waals surface area (Å²) in [5.41, 5.74) is 2.29. The fourth-order valence-corrected chi connectivity index (χ4v) is 3.71. The van der Waals surface area contributed by atoms with E-state index in [1.54, 1.807) is 4.90 Å². The van der Waals surface area contributed by atoms with Crippen molar-refractivity contribution in [2.75, 3.05) is 43.9 Å². The molecule has 0 radical (unpaired) electrons. The highest BCUT2D eigenvalue weighted by molar-refractivity contribution is 6.03. The molecular formula is C22H28N2O6. The largest absolute Gasteiger partial charge is 0.466 e. The number of amides is 1. The molecule has 8 nitrogen and oxygen atoms in total. The smallest absolute Gasteiger partial charge is 0.355 e. The van der Waals surface area contributed by atoms with Crippen molar-refractivity contribution in [3.05, 3.63) is 35.0 Å². The molecule has 0 aliphatic carbocycles. The number of hydrogen-bond donors (Lipinski definition) is 0. The molecule has 2 aliphatic rings. The first-order chi connectivity index (χ1) is 14.2. The van der Waals surface area contributed by atoms with E-state index in [-0.39, 0.29) is 30.5 Å². The second kappa shape index (κ2) is 8.47. The van der Waals surface area contributed by atoms with Gasteiger partial charge in [-0.05, 0) is 36.6 Å². The van der Waals surface area contributed by atoms with Gasteiger partial charge < -0.3 is 24.0 Å². The van der Waals surface area contributed by atoms with Crippen molar-refractivity contribution >= 4 is 29.2 Å². The number of esters is 2. The molecule has 0 N–H and O–H groups in total. The Hall–Kier alpha value is -2.87. The molecule has 0 saturated heterocycles. The van der Waals surface area contributed by atoms with Crippen molar-refractivity contribution in [2.24, 2.45) is 5.41 Å². The average molecular weight is 416 g/mol. The molecule has 3 rings (SSSR count). The number of anilines is 2. The van der Waals surface area contributed by atoms with Gasteiger partial charge in [-0.1, -0.05) is 20.8 Å². The maximum Gasteiger partial charge on any atom is 0.355 e. The lowest BCUT2D eigenvalue weighted by Crippen LogP contribution is -2.42. The number of fused-ring (bicyclic) bond motifs is 1. The minimum absolute atomic E-state index is 0.0353. The van der Waals surface area contributed by atoms with E-state index in [0.29, 0.717) is 12.2 Å². The van der Waals surface area contributed by atoms with E-state index in [4.69, 9.17) is 14.2 Å². The molecule has 1 aromatic rings. The van der Waals surface area contributed by atoms with Gasteiger partial charge in [-0.3, -0.25) is 4.79 Å². The van der Waals surface area contributed by atoms with Crippen LogP contribution in [0.3, 0.4) is 0 Å². The molecule has 2 aliphatic heterocycles. The Bertz CT molecular complexity index is 899. The molecule has 0 aromatic heterocycles. The first-order valence-electron chi connectivity index (χ1n) is 9.89. The number of benzene rings is 1. The Morgan fingerprint density at radius 1 is 1.07 bits per heavy atom. The summed E-state index contributed by atoms with van der Waals surface area (Å²) in [6.07, 6.45) is 1.66. The van der Waals surface area contributed by atoms with E-state index in [0.717, 1.165) is 24.1 Å². The van der Waals surface area contributed by atoms with Crippen LogP contribution in [-0.2, 0) is 35.0 Å². The van der Waals surface area contributed by atoms with Gasteiger partial charge in [0, 0.05) is 23.3 Å². The van der Waals surface area contributed by atoms with Gasteiger partial charge in [-0.2, -0.15) is 0 Å². The Kier molecular flexibility index (Phi) is 6.17. The van der Waals surface area contributed by atoms with E-state index < -0.39 is 17.4 Å². The first-order valence-corrected chi connectivity index (χ1v) is 9.89. The highest BCUT2D eigenvalue weighted by atomic mass is 16.5. The fraction of sp³-hybridized carbons (Fsp3) is 0.500. The van der Waals surface area contributed by atoms with Gasteiger partial charge in [0.1, 0.15) is 12.4 Å². The van der Waals surface area contributed by atoms with Crippen LogP contribution in [0.4, 0.5) is 11.4 Å². The zero-order valence-electron chi connectivity index (χ0n) is 18.1. The van der Waals surface area contributed by atoms with E-state index in [2.05, 4.69) is 0 Å². The van der Waals surface area contributed by atoms with Crippen LogP contribution in [0, 0.1) is 5.41 Å². The number of rotatable bonds is 3. The third-order valence-corrected chi connectivity index (χ3v) is 5.21. The summed E-state index contributed by atoms with van der Waals surface area (Å²) in [7, 11) is 2.52. The van der Waals surface area contributed by atoms with Gasteiger partial charge in [-0.25, -0.2) is 9.59 Å². The normalized spacial score (nSPS) is 16.8. The number of hydrogen-bond acceptors (Lipinski definition) is 7. The number of ether oxygens (including phenoxy) is 3. The standard InChI is InChI=1S/C22H28N2O6/c1-22(2,3)21(27)23-10-6-7-14-11-15(8-9-17(14)23)24-13-30-12-16(19(25)28-4)18(24)20(26)29-5/h8-9,11H,6-7,10,12-13H2,1-5H3. The van der Waals surface area contributed by atoms with Crippen LogP contribution < -0.4 is 9.80 Å². The molecule has 2 heterocycles. The number of nitrogens with zero attached hydrogens (tertiary/aromatic N) is 2. The summed E-state index contributed by atoms with van der Waals surface area (Å²) in [6, 6.07) is 5.64. The van der Waals surface area contributed by atoms with Crippen molar-refractivity contribution < 1.29 is 28.6 Å². The van der Waals surface area contributed by atoms with Crippen LogP contribution in [0.15, 0.2) is 29.5 Å². The van der Waals surface area contributed by atoms with Gasteiger partial charge in [0.25, 0.3) is 0 Å². The molecule has 0 atom stereocenters. The van der Waals surface area contributed by atoms with Crippen LogP contribution in [0.25, 0.3) is 0 Å². The maximum atomic E-state index is 12.9. The van der Waals surface area contributed by atoms with Crippen LogP contribution >= 0.6 is 0 Å². The highest BCUT2D eigenvalue weighted by Gasteiger charge is 2.34. The molecular weight excluding hydrogens is 388 g/mol. The van der Waals surface area contributed by atoms with Gasteiger partial charge in [0.2, 0.25) is 5.91 Å². The van der Waals surface area contributed by atoms with Crippen LogP contribution in [0.1, 0.15) is 32.8 Å². The number of carbonyl (C=O) groups excluding carboxylic acids is 3. The zero-order valence-corrected chi connectivity index (χ0v) is 18.1. The fourth-order valence-electron chi connectivity index (χ4n) is 3.71. The summed E-state index contributed by atoms with van der Waals surface area (Å²) in [5, 5.41) is 0. The molecule has 0 fully saturated rings. The maximum absolute atomic E-state index is 12.9. The second-order valence-corrected chi connectivity index (χ2v) is 8.34. The third kappa shape index (κ3) is 4.05. The Labute approximate surface area is 176 Å². The number of aryl methyl sites for hydroxylation is 1. The summed E-state index contributed by atoms with van der Waals surface area (Å²) in [6.45, 7) is 6.45. The molecule has 1 amide bonds. The molecule has 1 aromatic carbocycles. The lowest BCUT2D eigenvalue weighted by molar-refractivity contribution is -0.140. The monoisotopic (exact) mass is 416 g/mol. The predicted molar refractivity (Wildman–Crippen MR) is 111 cm³/mol. The summed E-state index contributed by atoms with van der Waals surface area (Å²) >= 11 is 0. The van der Waals surface area contributed by atoms with Gasteiger partial charge in [0.05, 0.1) is 26.4 Å². The van der Waals surface area contributed by atoms with Crippen molar-refractivity contribution in [1.29, 1.82) is 0 Å². The van der Waals surface area contributed by atoms with Crippen molar-refractivity contribution in [3.63, 3.8) is 0 Å². The summed E-state index contributed by atoms with van der Waals surface area (Å²) in [4.78, 5) is 41.0. The first kappa shape index (κ1) is 21.8. The van der Waals surface area contributed by atoms with Gasteiger partial charge in [0.15, 0.2) is 0 Å². The van der Waals surface area contributed by atoms with Crippen LogP contribution in [0.2, 0.25) is 0 Å². The zero-order chi connectivity index (χ0) is 22.1. The van der Waals surface area contributed by atoms with Crippen LogP contribution in [0.5, 0.6) is 0 Å². The molecule has 0 bridgehead atoms. The van der Waals surface area contributed by atoms with Gasteiger partial charge >= 0.3 is 11.9 Å². The lowest BCUT2D eigenvalue weighted by atomic mass is 9.92. The molecule has 30 heavy (non-hydrogen) atoms. The van der Waals surface area contributed by atoms with Crippen molar-refractivity contribution in [3.8, 4) is 0 Å². The minimum Gasteiger partial charge on any atom is -0.466 e. The molecule has 162 valence electrons. The topological polar surface area (TPSA) is 85.4 Å². The Balaban J connectivity index is 2.03. The highest BCUT2D eigenvalue weighted by Crippen LogP contribution is 2.35. The van der Waals surface area contributed by atoms with Crippen LogP contribution in [-0.4, -0.2) is 51.9 Å². The summed E-state index contributed by atoms with van der Waals surface area (Å²) < 4.78 is 15.3. The SMILES string of the molecule is COC(=O)C1=C(C(=O)OC)N(c2ccc3c(c2)CCCN3C(=O)C(C)(C)C)COC1. The van der Waals surface area contributed by atoms with E-state index >= 15 is 0 Å². The Morgan fingerprint density at radius 3 is 2.40 bits per heavy atom. The number of methoxy groups -OCH3 is 2. The molecule has 0 unspecified atom stereocenters. The van der Waals surface area contributed by atoms with Crippen molar-refractivity contribution in [2.45, 2.75) is 33.6 Å². The second-order valence-electron chi connectivity index (χ2n) is 8.34. The van der Waals surface area contributed by atoms with Crippen molar-refractivity contribution in [1.82, 2.24) is 0 Å².